The van der Waals surface area contributed by atoms with E-state index in [1.54, 1.807) is 23.5 Å². The van der Waals surface area contributed by atoms with E-state index in [0.717, 1.165) is 0 Å². The van der Waals surface area contributed by atoms with E-state index in [4.69, 9.17) is 0 Å². The first-order valence-corrected chi connectivity index (χ1v) is 3.71. The van der Waals surface area contributed by atoms with E-state index in [1.165, 1.54) is 0 Å². The third-order valence-corrected chi connectivity index (χ3v) is 1.52. The van der Waals surface area contributed by atoms with Crippen LogP contribution < -0.4 is 0 Å². The second-order valence-electron chi connectivity index (χ2n) is 2.75. The third kappa shape index (κ3) is 1.90. The number of amides is 1. The van der Waals surface area contributed by atoms with Crippen molar-refractivity contribution >= 4 is 12.2 Å². The maximum Gasteiger partial charge on any atom is 0.231 e. The zero-order valence-corrected chi connectivity index (χ0v) is 6.82. The number of rotatable bonds is 1. The van der Waals surface area contributed by atoms with Crippen LogP contribution in [0.3, 0.4) is 0 Å². The molecule has 1 aliphatic heterocycles. The zero-order chi connectivity index (χ0) is 8.27. The summed E-state index contributed by atoms with van der Waals surface area (Å²) in [7, 11) is 0. The molecular formula is C8H12N2O. The molecule has 1 heterocycles. The minimum Gasteiger partial charge on any atom is -0.300 e. The summed E-state index contributed by atoms with van der Waals surface area (Å²) in [4.78, 5) is 16.8. The van der Waals surface area contributed by atoms with E-state index in [-0.39, 0.29) is 11.9 Å². The van der Waals surface area contributed by atoms with E-state index in [9.17, 15) is 4.79 Å². The van der Waals surface area contributed by atoms with Crippen molar-refractivity contribution in [2.75, 3.05) is 0 Å². The third-order valence-electron chi connectivity index (χ3n) is 1.52. The van der Waals surface area contributed by atoms with Gasteiger partial charge in [0.25, 0.3) is 0 Å². The maximum atomic E-state index is 11.2. The molecule has 1 rings (SSSR count). The van der Waals surface area contributed by atoms with Crippen molar-refractivity contribution in [3.8, 4) is 0 Å². The topological polar surface area (TPSA) is 32.7 Å². The average molecular weight is 152 g/mol. The van der Waals surface area contributed by atoms with Gasteiger partial charge >= 0.3 is 0 Å². The minimum absolute atomic E-state index is 0.109. The smallest absolute Gasteiger partial charge is 0.231 e. The van der Waals surface area contributed by atoms with Crippen LogP contribution in [0, 0.1) is 0 Å². The van der Waals surface area contributed by atoms with Crippen LogP contribution in [0.2, 0.25) is 0 Å². The molecule has 0 atom stereocenters. The van der Waals surface area contributed by atoms with Gasteiger partial charge < -0.3 is 4.90 Å². The van der Waals surface area contributed by atoms with Gasteiger partial charge in [-0.3, -0.25) is 4.79 Å². The summed E-state index contributed by atoms with van der Waals surface area (Å²) in [6, 6.07) is 0.200. The Balaban J connectivity index is 2.72. The van der Waals surface area contributed by atoms with Crippen LogP contribution in [0.4, 0.5) is 0 Å². The molecule has 3 heteroatoms. The summed E-state index contributed by atoms with van der Waals surface area (Å²) in [5.41, 5.74) is 0. The quantitative estimate of drug-likeness (QED) is 0.555. The van der Waals surface area contributed by atoms with Gasteiger partial charge in [0, 0.05) is 18.7 Å². The molecule has 11 heavy (non-hydrogen) atoms. The van der Waals surface area contributed by atoms with Crippen molar-refractivity contribution in [2.24, 2.45) is 4.99 Å². The van der Waals surface area contributed by atoms with Crippen molar-refractivity contribution < 1.29 is 4.79 Å². The van der Waals surface area contributed by atoms with E-state index in [0.29, 0.717) is 6.42 Å². The van der Waals surface area contributed by atoms with Gasteiger partial charge in [0.2, 0.25) is 5.91 Å². The van der Waals surface area contributed by atoms with Crippen LogP contribution in [0.15, 0.2) is 17.3 Å². The van der Waals surface area contributed by atoms with Crippen LogP contribution in [-0.4, -0.2) is 23.2 Å². The van der Waals surface area contributed by atoms with E-state index < -0.39 is 0 Å². The molecule has 0 radical (unpaired) electrons. The highest BCUT2D eigenvalue weighted by atomic mass is 16.2. The van der Waals surface area contributed by atoms with Crippen LogP contribution in [0.1, 0.15) is 20.3 Å². The van der Waals surface area contributed by atoms with Gasteiger partial charge in [-0.15, -0.1) is 0 Å². The number of carbonyl (C=O) groups excluding carboxylic acids is 1. The molecule has 0 N–H and O–H groups in total. The predicted octanol–water partition coefficient (Wildman–Crippen LogP) is 1.17. The van der Waals surface area contributed by atoms with Gasteiger partial charge in [0.1, 0.15) is 0 Å². The zero-order valence-electron chi connectivity index (χ0n) is 6.82. The first kappa shape index (κ1) is 7.98. The number of nitrogens with zero attached hydrogens (tertiary/aromatic N) is 2. The fraction of sp³-hybridized carbons (Fsp3) is 0.500. The number of hydrogen-bond acceptors (Lipinski definition) is 2. The van der Waals surface area contributed by atoms with Crippen LogP contribution in [0.25, 0.3) is 0 Å². The molecule has 0 fully saturated rings. The standard InChI is InChI=1S/C8H12N2O/c1-7(2)10-6-9-5-3-4-8(10)11/h3,5-7H,4H2,1-2H3. The molecule has 60 valence electrons. The Hall–Kier alpha value is -1.12. The first-order valence-electron chi connectivity index (χ1n) is 3.71. The molecule has 0 aromatic rings. The normalized spacial score (nSPS) is 17.7. The Morgan fingerprint density at radius 1 is 1.64 bits per heavy atom. The van der Waals surface area contributed by atoms with Gasteiger partial charge in [0.15, 0.2) is 0 Å². The van der Waals surface area contributed by atoms with Crippen molar-refractivity contribution in [3.05, 3.63) is 12.3 Å². The molecule has 1 aliphatic rings. The average Bonchev–Trinajstić information content (AvgIpc) is 2.13. The summed E-state index contributed by atoms with van der Waals surface area (Å²) in [6.07, 6.45) is 5.45. The molecule has 0 saturated carbocycles. The molecule has 1 amide bonds. The monoisotopic (exact) mass is 152 g/mol. The fourth-order valence-electron chi connectivity index (χ4n) is 0.916. The molecule has 0 saturated heterocycles. The molecule has 3 nitrogen and oxygen atoms in total. The van der Waals surface area contributed by atoms with Gasteiger partial charge in [-0.25, -0.2) is 4.99 Å². The van der Waals surface area contributed by atoms with Gasteiger partial charge in [-0.2, -0.15) is 0 Å². The summed E-state index contributed by atoms with van der Waals surface area (Å²) in [5.74, 6) is 0.109. The Morgan fingerprint density at radius 3 is 3.00 bits per heavy atom. The summed E-state index contributed by atoms with van der Waals surface area (Å²) in [6.45, 7) is 3.94. The lowest BCUT2D eigenvalue weighted by Crippen LogP contribution is -2.34. The van der Waals surface area contributed by atoms with Gasteiger partial charge in [-0.1, -0.05) is 6.08 Å². The van der Waals surface area contributed by atoms with E-state index >= 15 is 0 Å². The maximum absolute atomic E-state index is 11.2. The Bertz CT molecular complexity index is 206. The van der Waals surface area contributed by atoms with Crippen molar-refractivity contribution in [3.63, 3.8) is 0 Å². The Kier molecular flexibility index (Phi) is 2.41. The lowest BCUT2D eigenvalue weighted by Gasteiger charge is -2.19. The second-order valence-corrected chi connectivity index (χ2v) is 2.75. The number of carbonyl (C=O) groups is 1. The highest BCUT2D eigenvalue weighted by Gasteiger charge is 2.13. The summed E-state index contributed by atoms with van der Waals surface area (Å²) >= 11 is 0. The van der Waals surface area contributed by atoms with Crippen molar-refractivity contribution in [2.45, 2.75) is 26.3 Å². The molecule has 0 aromatic heterocycles. The second kappa shape index (κ2) is 3.32. The largest absolute Gasteiger partial charge is 0.300 e. The molecular weight excluding hydrogens is 140 g/mol. The molecule has 0 aliphatic carbocycles. The molecule has 0 spiro atoms. The molecule has 0 bridgehead atoms. The minimum atomic E-state index is 0.109. The molecule has 0 unspecified atom stereocenters. The lowest BCUT2D eigenvalue weighted by atomic mass is 10.3. The highest BCUT2D eigenvalue weighted by Crippen LogP contribution is 2.02. The van der Waals surface area contributed by atoms with Gasteiger partial charge in [-0.05, 0) is 13.8 Å². The lowest BCUT2D eigenvalue weighted by molar-refractivity contribution is -0.127. The summed E-state index contributed by atoms with van der Waals surface area (Å²) in [5, 5.41) is 0. The first-order chi connectivity index (χ1) is 5.22. The summed E-state index contributed by atoms with van der Waals surface area (Å²) < 4.78 is 0. The predicted molar refractivity (Wildman–Crippen MR) is 44.2 cm³/mol. The fourth-order valence-corrected chi connectivity index (χ4v) is 0.916. The van der Waals surface area contributed by atoms with Crippen LogP contribution in [0.5, 0.6) is 0 Å². The van der Waals surface area contributed by atoms with Gasteiger partial charge in [0.05, 0.1) is 6.34 Å². The van der Waals surface area contributed by atoms with Crippen LogP contribution in [-0.2, 0) is 4.79 Å². The highest BCUT2D eigenvalue weighted by molar-refractivity contribution is 5.89. The Labute approximate surface area is 66.4 Å². The van der Waals surface area contributed by atoms with Crippen molar-refractivity contribution in [1.29, 1.82) is 0 Å². The van der Waals surface area contributed by atoms with Crippen molar-refractivity contribution in [1.82, 2.24) is 4.90 Å². The number of hydrogen-bond donors (Lipinski definition) is 0. The SMILES string of the molecule is CC(C)N1C=NC=CCC1=O. The molecule has 0 aromatic carbocycles. The van der Waals surface area contributed by atoms with Crippen LogP contribution >= 0.6 is 0 Å². The van der Waals surface area contributed by atoms with E-state index in [2.05, 4.69) is 4.99 Å². The van der Waals surface area contributed by atoms with E-state index in [1.807, 2.05) is 13.8 Å². The Morgan fingerprint density at radius 2 is 2.36 bits per heavy atom. The number of aliphatic imine (C=N–C) groups is 1.